The maximum atomic E-state index is 12.5. The van der Waals surface area contributed by atoms with Gasteiger partial charge in [-0.25, -0.2) is 0 Å². The minimum atomic E-state index is -0.881. The number of ether oxygens (including phenoxy) is 2. The van der Waals surface area contributed by atoms with Crippen LogP contribution in [0.4, 0.5) is 11.4 Å². The van der Waals surface area contributed by atoms with Gasteiger partial charge in [0.25, 0.3) is 0 Å². The highest BCUT2D eigenvalue weighted by molar-refractivity contribution is 9.10. The smallest absolute Gasteiger partial charge is 0.312 e. The number of rotatable bonds is 16. The molecular weight excluding hydrogens is 1210 g/mol. The van der Waals surface area contributed by atoms with E-state index in [9.17, 15) is 24.6 Å². The summed E-state index contributed by atoms with van der Waals surface area (Å²) in [6, 6.07) is 73.0. The van der Waals surface area contributed by atoms with Gasteiger partial charge in [0.05, 0.1) is 30.5 Å². The molecule has 11 heteroatoms. The number of carboxylic acid groups (broad SMARTS) is 1. The van der Waals surface area contributed by atoms with Crippen molar-refractivity contribution in [3.05, 3.63) is 272 Å². The van der Waals surface area contributed by atoms with Crippen LogP contribution in [0.3, 0.4) is 0 Å². The molecule has 456 valence electrons. The Morgan fingerprint density at radius 2 is 0.609 bits per heavy atom. The Hall–Kier alpha value is -7.31. The number of esters is 2. The van der Waals surface area contributed by atoms with Crippen molar-refractivity contribution >= 4 is 61.1 Å². The van der Waals surface area contributed by atoms with Crippen LogP contribution < -0.4 is 9.80 Å². The Kier molecular flexibility index (Phi) is 24.8. The van der Waals surface area contributed by atoms with E-state index < -0.39 is 28.3 Å². The van der Waals surface area contributed by atoms with Gasteiger partial charge in [0.2, 0.25) is 0 Å². The second-order valence-electron chi connectivity index (χ2n) is 24.2. The average Bonchev–Trinajstić information content (AvgIpc) is 1.40. The van der Waals surface area contributed by atoms with E-state index in [1.807, 2.05) is 187 Å². The third kappa shape index (κ3) is 17.9. The number of hydrogen-bond acceptors (Lipinski definition) is 8. The third-order valence-electron chi connectivity index (χ3n) is 16.9. The van der Waals surface area contributed by atoms with Crippen molar-refractivity contribution in [2.75, 3.05) is 50.2 Å². The molecule has 2 aliphatic heterocycles. The number of carbonyl (C=O) groups excluding carboxylic acids is 2. The van der Waals surface area contributed by atoms with Crippen LogP contribution in [0, 0.1) is 16.2 Å². The van der Waals surface area contributed by atoms with Gasteiger partial charge in [-0.05, 0) is 173 Å². The fourth-order valence-electron chi connectivity index (χ4n) is 12.1. The summed E-state index contributed by atoms with van der Waals surface area (Å²) >= 11 is 6.82. The zero-order valence-corrected chi connectivity index (χ0v) is 54.9. The molecule has 0 radical (unpaired) electrons. The first kappa shape index (κ1) is 67.2. The van der Waals surface area contributed by atoms with Crippen molar-refractivity contribution in [2.45, 2.75) is 104 Å². The van der Waals surface area contributed by atoms with Crippen LogP contribution in [0.2, 0.25) is 0 Å². The molecule has 2 aliphatic rings. The first-order chi connectivity index (χ1) is 41.8. The van der Waals surface area contributed by atoms with Gasteiger partial charge in [-0.1, -0.05) is 202 Å². The van der Waals surface area contributed by atoms with Crippen molar-refractivity contribution in [1.29, 1.82) is 0 Å². The van der Waals surface area contributed by atoms with Gasteiger partial charge in [-0.2, -0.15) is 0 Å². The van der Waals surface area contributed by atoms with Crippen molar-refractivity contribution in [2.24, 2.45) is 16.2 Å². The molecule has 0 amide bonds. The minimum Gasteiger partial charge on any atom is -0.481 e. The molecule has 0 aromatic heterocycles. The van der Waals surface area contributed by atoms with Gasteiger partial charge in [0, 0.05) is 64.3 Å². The Morgan fingerprint density at radius 1 is 0.368 bits per heavy atom. The number of aliphatic hydroxyl groups excluding tert-OH is 1. The van der Waals surface area contributed by atoms with Gasteiger partial charge in [-0.3, -0.25) is 14.4 Å². The van der Waals surface area contributed by atoms with Gasteiger partial charge < -0.3 is 29.5 Å². The molecule has 0 spiro atoms. The van der Waals surface area contributed by atoms with Crippen LogP contribution in [0.5, 0.6) is 0 Å². The molecule has 9 nitrogen and oxygen atoms in total. The number of carboxylic acids is 1. The Morgan fingerprint density at radius 3 is 0.897 bits per heavy atom. The maximum absolute atomic E-state index is 12.5. The zero-order chi connectivity index (χ0) is 62.6. The van der Waals surface area contributed by atoms with E-state index in [2.05, 4.69) is 114 Å². The van der Waals surface area contributed by atoms with Gasteiger partial charge in [0.15, 0.2) is 0 Å². The number of anilines is 2. The van der Waals surface area contributed by atoms with Gasteiger partial charge in [-0.15, -0.1) is 0 Å². The number of carbonyl (C=O) groups is 3. The summed E-state index contributed by atoms with van der Waals surface area (Å²) in [5, 5.41) is 19.9. The molecule has 0 bridgehead atoms. The predicted molar refractivity (Wildman–Crippen MR) is 362 cm³/mol. The number of aliphatic carboxylic acids is 1. The van der Waals surface area contributed by atoms with Crippen LogP contribution in [-0.2, 0) is 23.9 Å². The van der Waals surface area contributed by atoms with Gasteiger partial charge >= 0.3 is 17.9 Å². The van der Waals surface area contributed by atoms with E-state index in [-0.39, 0.29) is 29.7 Å². The zero-order valence-electron chi connectivity index (χ0n) is 51.8. The fraction of sp³-hybridized carbons (Fsp3) is 0.329. The molecule has 0 aliphatic carbocycles. The predicted octanol–water partition coefficient (Wildman–Crippen LogP) is 18.2. The summed E-state index contributed by atoms with van der Waals surface area (Å²) in [5.41, 5.74) is 8.74. The van der Waals surface area contributed by atoms with Crippen LogP contribution in [0.25, 0.3) is 0 Å². The summed E-state index contributed by atoms with van der Waals surface area (Å²) in [6.45, 7) is 15.9. The summed E-state index contributed by atoms with van der Waals surface area (Å²) in [5.74, 6) is -1.46. The van der Waals surface area contributed by atoms with E-state index >= 15 is 0 Å². The largest absolute Gasteiger partial charge is 0.481 e. The lowest BCUT2D eigenvalue weighted by Crippen LogP contribution is -2.33. The van der Waals surface area contributed by atoms with E-state index in [1.54, 1.807) is 0 Å². The number of piperidine rings is 2. The van der Waals surface area contributed by atoms with Crippen molar-refractivity contribution in [1.82, 2.24) is 0 Å². The molecule has 2 fully saturated rings. The number of methoxy groups -OCH3 is 2. The lowest BCUT2D eigenvalue weighted by atomic mass is 9.71. The normalized spacial score (nSPS) is 14.8. The Labute approximate surface area is 534 Å². The molecular formula is C76H86Br2N2O7. The monoisotopic (exact) mass is 1300 g/mol. The molecule has 87 heavy (non-hydrogen) atoms. The standard InChI is InChI=1S/C23H29NO2.C22H27NO2.C18H19BrO2.C13H11BrO/c1-23(2,22(25)26-3)21(18-10-6-4-7-11-18)19-12-14-20(15-13-19)24-16-8-5-9-17-24;1-22(2,21(24)25)20(17-9-5-3-6-10-17)18-11-13-19(14-12-18)23-15-7-4-8-16-23;1-18(2,17(20)21-3)16(13-7-5-4-6-8-13)14-9-11-15(19)12-10-14;14-12-8-6-11(7-9-12)13(15)10-4-2-1-3-5-10/h4,6-7,10-15,21H,5,8-9,16-17H2,1-3H3;3,5-6,9-14,20H,4,7-8,15-16H2,1-2H3,(H,24,25);4-12,16H,1-3H3;1-9,13,15H. The lowest BCUT2D eigenvalue weighted by molar-refractivity contribution is -0.152. The van der Waals surface area contributed by atoms with Gasteiger partial charge in [0.1, 0.15) is 6.10 Å². The quantitative estimate of drug-likeness (QED) is 0.0912. The highest BCUT2D eigenvalue weighted by atomic mass is 79.9. The van der Waals surface area contributed by atoms with E-state index in [1.165, 1.54) is 64.1 Å². The van der Waals surface area contributed by atoms with Crippen LogP contribution >= 0.6 is 31.9 Å². The molecule has 4 atom stereocenters. The molecule has 2 N–H and O–H groups in total. The highest BCUT2D eigenvalue weighted by Crippen LogP contribution is 2.45. The molecule has 8 aromatic rings. The first-order valence-corrected chi connectivity index (χ1v) is 31.8. The number of aliphatic hydroxyl groups is 1. The van der Waals surface area contributed by atoms with Crippen LogP contribution in [0.1, 0.15) is 148 Å². The van der Waals surface area contributed by atoms with E-state index in [0.717, 1.165) is 79.6 Å². The van der Waals surface area contributed by atoms with Crippen molar-refractivity contribution in [3.8, 4) is 0 Å². The summed E-state index contributed by atoms with van der Waals surface area (Å²) in [7, 11) is 2.90. The molecule has 2 heterocycles. The summed E-state index contributed by atoms with van der Waals surface area (Å²) in [4.78, 5) is 41.6. The van der Waals surface area contributed by atoms with Crippen LogP contribution in [0.15, 0.2) is 227 Å². The fourth-order valence-corrected chi connectivity index (χ4v) is 12.6. The minimum absolute atomic E-state index is 0.0495. The van der Waals surface area contributed by atoms with Crippen molar-refractivity contribution < 1.29 is 34.1 Å². The second-order valence-corrected chi connectivity index (χ2v) is 26.0. The van der Waals surface area contributed by atoms with E-state index in [4.69, 9.17) is 9.47 Å². The molecule has 4 unspecified atom stereocenters. The summed E-state index contributed by atoms with van der Waals surface area (Å²) < 4.78 is 12.2. The highest BCUT2D eigenvalue weighted by Gasteiger charge is 2.42. The topological polar surface area (TPSA) is 117 Å². The lowest BCUT2D eigenvalue weighted by Gasteiger charge is -2.33. The maximum Gasteiger partial charge on any atom is 0.312 e. The Balaban J connectivity index is 0.000000169. The number of nitrogens with zero attached hydrogens (tertiary/aromatic N) is 2. The molecule has 8 aromatic carbocycles. The number of benzene rings is 8. The number of hydrogen-bond donors (Lipinski definition) is 2. The third-order valence-corrected chi connectivity index (χ3v) is 18.0. The average molecular weight is 1300 g/mol. The SMILES string of the molecule is CC(C)(C(=O)O)C(c1ccccc1)c1ccc(N2CCCCC2)cc1.COC(=O)C(C)(C)C(c1ccccc1)c1ccc(Br)cc1.COC(=O)C(C)(C)C(c1ccccc1)c1ccc(N2CCCCC2)cc1.OC(c1ccccc1)c1ccc(Br)cc1. The molecule has 2 saturated heterocycles. The van der Waals surface area contributed by atoms with Crippen LogP contribution in [-0.4, -0.2) is 68.5 Å². The molecule has 0 saturated carbocycles. The Bertz CT molecular complexity index is 3350. The number of halogens is 2. The molecule has 10 rings (SSSR count). The first-order valence-electron chi connectivity index (χ1n) is 30.3. The van der Waals surface area contributed by atoms with E-state index in [0.29, 0.717) is 0 Å². The second kappa shape index (κ2) is 32.1. The van der Waals surface area contributed by atoms with Crippen molar-refractivity contribution in [3.63, 3.8) is 0 Å². The summed E-state index contributed by atoms with van der Waals surface area (Å²) in [6.07, 6.45) is 7.14.